The molecule has 0 saturated heterocycles. The van der Waals surface area contributed by atoms with E-state index < -0.39 is 10.7 Å². The molecule has 28 heavy (non-hydrogen) atoms. The molecule has 0 radical (unpaired) electrons. The molecule has 0 aliphatic rings. The fourth-order valence-corrected chi connectivity index (χ4v) is 2.62. The van der Waals surface area contributed by atoms with Gasteiger partial charge >= 0.3 is 0 Å². The minimum atomic E-state index is -0.525. The number of ketones is 1. The lowest BCUT2D eigenvalue weighted by molar-refractivity contribution is -0.384. The second-order valence-electron chi connectivity index (χ2n) is 6.09. The molecule has 2 aromatic rings. The van der Waals surface area contributed by atoms with E-state index in [0.29, 0.717) is 18.8 Å². The lowest BCUT2D eigenvalue weighted by Crippen LogP contribution is -2.31. The van der Waals surface area contributed by atoms with Crippen molar-refractivity contribution in [1.82, 2.24) is 10.6 Å². The van der Waals surface area contributed by atoms with E-state index in [-0.39, 0.29) is 40.7 Å². The van der Waals surface area contributed by atoms with E-state index >= 15 is 0 Å². The molecule has 2 N–H and O–H groups in total. The molecular formula is C19H23ClN4O4. The van der Waals surface area contributed by atoms with E-state index in [9.17, 15) is 19.7 Å². The third-order valence-corrected chi connectivity index (χ3v) is 3.99. The highest BCUT2D eigenvalue weighted by Gasteiger charge is 2.22. The SMILES string of the molecule is CNCCNC(=O)c1ccccc1C(=O)c1ccc(N(C)C)c([N+](=O)[O-])c1.Cl. The van der Waals surface area contributed by atoms with Crippen molar-refractivity contribution in [1.29, 1.82) is 0 Å². The van der Waals surface area contributed by atoms with Crippen LogP contribution in [0.5, 0.6) is 0 Å². The highest BCUT2D eigenvalue weighted by Crippen LogP contribution is 2.29. The first kappa shape index (κ1) is 23.1. The van der Waals surface area contributed by atoms with Crippen molar-refractivity contribution in [2.75, 3.05) is 39.1 Å². The molecule has 0 spiro atoms. The lowest BCUT2D eigenvalue weighted by Gasteiger charge is -2.14. The third-order valence-electron chi connectivity index (χ3n) is 3.99. The summed E-state index contributed by atoms with van der Waals surface area (Å²) < 4.78 is 0. The first-order valence-electron chi connectivity index (χ1n) is 8.39. The van der Waals surface area contributed by atoms with Crippen LogP contribution < -0.4 is 15.5 Å². The highest BCUT2D eigenvalue weighted by atomic mass is 35.5. The topological polar surface area (TPSA) is 105 Å². The fourth-order valence-electron chi connectivity index (χ4n) is 2.62. The van der Waals surface area contributed by atoms with E-state index in [1.807, 2.05) is 0 Å². The van der Waals surface area contributed by atoms with Gasteiger partial charge in [0.15, 0.2) is 5.78 Å². The number of hydrogen-bond acceptors (Lipinski definition) is 6. The number of nitrogens with one attached hydrogen (secondary N) is 2. The maximum absolute atomic E-state index is 12.9. The Labute approximate surface area is 169 Å². The van der Waals surface area contributed by atoms with Gasteiger partial charge in [0.2, 0.25) is 0 Å². The Morgan fingerprint density at radius 2 is 1.71 bits per heavy atom. The number of amides is 1. The van der Waals surface area contributed by atoms with E-state index in [4.69, 9.17) is 0 Å². The van der Waals surface area contributed by atoms with Gasteiger partial charge in [-0.15, -0.1) is 12.4 Å². The van der Waals surface area contributed by atoms with Crippen LogP contribution in [0.4, 0.5) is 11.4 Å². The van der Waals surface area contributed by atoms with Crippen LogP contribution in [0.2, 0.25) is 0 Å². The second-order valence-corrected chi connectivity index (χ2v) is 6.09. The molecule has 0 unspecified atom stereocenters. The van der Waals surface area contributed by atoms with Crippen LogP contribution in [0.1, 0.15) is 26.3 Å². The zero-order valence-corrected chi connectivity index (χ0v) is 16.7. The van der Waals surface area contributed by atoms with Gasteiger partial charge in [-0.2, -0.15) is 0 Å². The zero-order chi connectivity index (χ0) is 20.0. The van der Waals surface area contributed by atoms with Crippen molar-refractivity contribution in [2.45, 2.75) is 0 Å². The van der Waals surface area contributed by atoms with Crippen LogP contribution >= 0.6 is 12.4 Å². The summed E-state index contributed by atoms with van der Waals surface area (Å²) in [4.78, 5) is 37.8. The molecule has 0 aliphatic carbocycles. The maximum atomic E-state index is 12.9. The Balaban J connectivity index is 0.00000392. The molecule has 0 bridgehead atoms. The molecule has 0 aliphatic heterocycles. The number of nitrogens with zero attached hydrogens (tertiary/aromatic N) is 2. The summed E-state index contributed by atoms with van der Waals surface area (Å²) >= 11 is 0. The molecule has 0 atom stereocenters. The molecule has 0 fully saturated rings. The first-order chi connectivity index (χ1) is 12.9. The number of nitro benzene ring substituents is 1. The van der Waals surface area contributed by atoms with E-state index in [2.05, 4.69) is 10.6 Å². The summed E-state index contributed by atoms with van der Waals surface area (Å²) in [5, 5.41) is 17.0. The predicted octanol–water partition coefficient (Wildman–Crippen LogP) is 2.26. The maximum Gasteiger partial charge on any atom is 0.293 e. The first-order valence-corrected chi connectivity index (χ1v) is 8.39. The van der Waals surface area contributed by atoms with Crippen molar-refractivity contribution >= 4 is 35.5 Å². The number of benzene rings is 2. The van der Waals surface area contributed by atoms with Gasteiger partial charge < -0.3 is 15.5 Å². The smallest absolute Gasteiger partial charge is 0.293 e. The van der Waals surface area contributed by atoms with Gasteiger partial charge in [-0.3, -0.25) is 19.7 Å². The van der Waals surface area contributed by atoms with Gasteiger partial charge in [0.25, 0.3) is 11.6 Å². The summed E-state index contributed by atoms with van der Waals surface area (Å²) in [6.07, 6.45) is 0. The van der Waals surface area contributed by atoms with Crippen LogP contribution in [0.25, 0.3) is 0 Å². The molecule has 150 valence electrons. The Bertz CT molecular complexity index is 871. The predicted molar refractivity (Wildman–Crippen MR) is 111 cm³/mol. The average Bonchev–Trinajstić information content (AvgIpc) is 2.66. The Kier molecular flexibility index (Phi) is 8.56. The number of halogens is 1. The van der Waals surface area contributed by atoms with Crippen molar-refractivity contribution in [3.63, 3.8) is 0 Å². The Hall–Kier alpha value is -2.97. The summed E-state index contributed by atoms with van der Waals surface area (Å²) in [5.41, 5.74) is 0.823. The molecule has 0 heterocycles. The van der Waals surface area contributed by atoms with Gasteiger partial charge in [0, 0.05) is 44.4 Å². The Morgan fingerprint density at radius 3 is 2.29 bits per heavy atom. The Morgan fingerprint density at radius 1 is 1.07 bits per heavy atom. The van der Waals surface area contributed by atoms with E-state index in [1.165, 1.54) is 18.2 Å². The molecule has 8 nitrogen and oxygen atoms in total. The number of likely N-dealkylation sites (N-methyl/N-ethyl adjacent to an activating group) is 1. The standard InChI is InChI=1S/C19H22N4O4.ClH/c1-20-10-11-21-19(25)15-7-5-4-6-14(15)18(24)13-8-9-16(22(2)3)17(12-13)23(26)27;/h4-9,12,20H,10-11H2,1-3H3,(H,21,25);1H. The third kappa shape index (κ3) is 5.28. The monoisotopic (exact) mass is 406 g/mol. The van der Waals surface area contributed by atoms with Crippen LogP contribution in [-0.4, -0.2) is 50.8 Å². The number of rotatable bonds is 8. The zero-order valence-electron chi connectivity index (χ0n) is 15.9. The van der Waals surface area contributed by atoms with Crippen molar-refractivity contribution in [3.8, 4) is 0 Å². The molecule has 0 saturated carbocycles. The molecule has 0 aromatic heterocycles. The molecule has 9 heteroatoms. The van der Waals surface area contributed by atoms with E-state index in [1.54, 1.807) is 50.3 Å². The summed E-state index contributed by atoms with van der Waals surface area (Å²) in [6.45, 7) is 1.01. The molecule has 1 amide bonds. The second kappa shape index (κ2) is 10.4. The fraction of sp³-hybridized carbons (Fsp3) is 0.263. The summed E-state index contributed by atoms with van der Waals surface area (Å²) in [5.74, 6) is -0.809. The molecule has 2 rings (SSSR count). The van der Waals surface area contributed by atoms with E-state index in [0.717, 1.165) is 0 Å². The molecular weight excluding hydrogens is 384 g/mol. The lowest BCUT2D eigenvalue weighted by atomic mass is 9.97. The highest BCUT2D eigenvalue weighted by molar-refractivity contribution is 6.15. The number of carbonyl (C=O) groups is 2. The number of hydrogen-bond donors (Lipinski definition) is 2. The van der Waals surface area contributed by atoms with Crippen LogP contribution in [-0.2, 0) is 0 Å². The van der Waals surface area contributed by atoms with Gasteiger partial charge in [0.1, 0.15) is 5.69 Å². The van der Waals surface area contributed by atoms with Crippen molar-refractivity contribution in [2.24, 2.45) is 0 Å². The minimum absolute atomic E-state index is 0. The van der Waals surface area contributed by atoms with Gasteiger partial charge in [-0.05, 0) is 25.2 Å². The largest absolute Gasteiger partial charge is 0.372 e. The van der Waals surface area contributed by atoms with Crippen molar-refractivity contribution < 1.29 is 14.5 Å². The van der Waals surface area contributed by atoms with Crippen LogP contribution in [0, 0.1) is 10.1 Å². The summed E-state index contributed by atoms with van der Waals surface area (Å²) in [7, 11) is 5.15. The number of anilines is 1. The van der Waals surface area contributed by atoms with Crippen LogP contribution in [0.15, 0.2) is 42.5 Å². The molecule has 2 aromatic carbocycles. The number of nitro groups is 1. The van der Waals surface area contributed by atoms with Gasteiger partial charge in [-0.25, -0.2) is 0 Å². The van der Waals surface area contributed by atoms with Gasteiger partial charge in [-0.1, -0.05) is 18.2 Å². The quantitative estimate of drug-likeness (QED) is 0.301. The minimum Gasteiger partial charge on any atom is -0.372 e. The summed E-state index contributed by atoms with van der Waals surface area (Å²) in [6, 6.07) is 10.7. The normalized spacial score (nSPS) is 9.96. The van der Waals surface area contributed by atoms with Crippen molar-refractivity contribution in [3.05, 3.63) is 69.3 Å². The van der Waals surface area contributed by atoms with Gasteiger partial charge in [0.05, 0.1) is 10.5 Å². The average molecular weight is 407 g/mol. The number of carbonyl (C=O) groups excluding carboxylic acids is 2. The van der Waals surface area contributed by atoms with Crippen LogP contribution in [0.3, 0.4) is 0 Å².